The normalized spacial score (nSPS) is 22.8. The molecule has 98 valence electrons. The number of carbonyl (C=O) groups is 1. The zero-order valence-electron chi connectivity index (χ0n) is 10.4. The van der Waals surface area contributed by atoms with Crippen molar-refractivity contribution in [3.63, 3.8) is 0 Å². The maximum Gasteiger partial charge on any atom is 0.323 e. The molecule has 0 radical (unpaired) electrons. The first-order valence-electron chi connectivity index (χ1n) is 5.84. The maximum atomic E-state index is 12.9. The van der Waals surface area contributed by atoms with E-state index in [1.165, 1.54) is 19.2 Å². The predicted molar refractivity (Wildman–Crippen MR) is 64.0 cm³/mol. The molecule has 1 fully saturated rings. The Balaban J connectivity index is 1.97. The van der Waals surface area contributed by atoms with E-state index >= 15 is 0 Å². The van der Waals surface area contributed by atoms with Gasteiger partial charge < -0.3 is 14.8 Å². The summed E-state index contributed by atoms with van der Waals surface area (Å²) in [5, 5.41) is 3.03. The van der Waals surface area contributed by atoms with Gasteiger partial charge in [-0.3, -0.25) is 4.79 Å². The SMILES string of the molecule is COC(=O)[C@@H]1C[C@H](Oc2ccc(F)cc2C)CN1. The molecule has 2 rings (SSSR count). The van der Waals surface area contributed by atoms with Gasteiger partial charge in [-0.05, 0) is 30.7 Å². The zero-order chi connectivity index (χ0) is 13.1. The summed E-state index contributed by atoms with van der Waals surface area (Å²) in [6.45, 7) is 2.37. The van der Waals surface area contributed by atoms with E-state index in [4.69, 9.17) is 4.74 Å². The van der Waals surface area contributed by atoms with Crippen molar-refractivity contribution in [1.82, 2.24) is 5.32 Å². The maximum absolute atomic E-state index is 12.9. The molecule has 4 nitrogen and oxygen atoms in total. The Morgan fingerprint density at radius 2 is 2.28 bits per heavy atom. The summed E-state index contributed by atoms with van der Waals surface area (Å²) in [6, 6.07) is 4.08. The van der Waals surface area contributed by atoms with Gasteiger partial charge in [-0.2, -0.15) is 0 Å². The third-order valence-electron chi connectivity index (χ3n) is 3.01. The summed E-state index contributed by atoms with van der Waals surface area (Å²) in [4.78, 5) is 11.3. The summed E-state index contributed by atoms with van der Waals surface area (Å²) in [5.74, 6) is 0.0856. The molecule has 0 spiro atoms. The van der Waals surface area contributed by atoms with E-state index in [0.717, 1.165) is 5.56 Å². The number of methoxy groups -OCH3 is 1. The van der Waals surface area contributed by atoms with Gasteiger partial charge in [0.15, 0.2) is 0 Å². The highest BCUT2D eigenvalue weighted by molar-refractivity contribution is 5.76. The number of hydrogen-bond donors (Lipinski definition) is 1. The molecule has 1 aliphatic rings. The van der Waals surface area contributed by atoms with Crippen LogP contribution in [0.4, 0.5) is 4.39 Å². The summed E-state index contributed by atoms with van der Waals surface area (Å²) >= 11 is 0. The molecule has 0 aliphatic carbocycles. The molecule has 0 amide bonds. The van der Waals surface area contributed by atoms with Crippen molar-refractivity contribution in [2.45, 2.75) is 25.5 Å². The fraction of sp³-hybridized carbons (Fsp3) is 0.462. The van der Waals surface area contributed by atoms with Gasteiger partial charge in [-0.25, -0.2) is 4.39 Å². The Bertz CT molecular complexity index is 450. The Morgan fingerprint density at radius 1 is 1.50 bits per heavy atom. The molecule has 5 heteroatoms. The molecule has 1 heterocycles. The standard InChI is InChI=1S/C13H16FNO3/c1-8-5-9(14)3-4-12(8)18-10-6-11(15-7-10)13(16)17-2/h3-5,10-11,15H,6-7H2,1-2H3/t10-,11-/m0/s1. The first-order valence-corrected chi connectivity index (χ1v) is 5.84. The summed E-state index contributed by atoms with van der Waals surface area (Å²) in [6.07, 6.45) is 0.460. The molecular weight excluding hydrogens is 237 g/mol. The molecule has 18 heavy (non-hydrogen) atoms. The predicted octanol–water partition coefficient (Wildman–Crippen LogP) is 1.42. The van der Waals surface area contributed by atoms with E-state index < -0.39 is 0 Å². The lowest BCUT2D eigenvalue weighted by Crippen LogP contribution is -2.31. The van der Waals surface area contributed by atoms with Crippen LogP contribution in [-0.2, 0) is 9.53 Å². The van der Waals surface area contributed by atoms with Crippen LogP contribution in [0.3, 0.4) is 0 Å². The van der Waals surface area contributed by atoms with Crippen LogP contribution in [0.15, 0.2) is 18.2 Å². The first-order chi connectivity index (χ1) is 8.60. The number of rotatable bonds is 3. The van der Waals surface area contributed by atoms with Crippen LogP contribution in [0.1, 0.15) is 12.0 Å². The van der Waals surface area contributed by atoms with Crippen LogP contribution in [0.5, 0.6) is 5.75 Å². The average Bonchev–Trinajstić information content (AvgIpc) is 2.80. The number of esters is 1. The quantitative estimate of drug-likeness (QED) is 0.828. The second kappa shape index (κ2) is 5.35. The Labute approximate surface area is 105 Å². The number of ether oxygens (including phenoxy) is 2. The number of nitrogens with one attached hydrogen (secondary N) is 1. The van der Waals surface area contributed by atoms with Crippen LogP contribution in [0.2, 0.25) is 0 Å². The number of hydrogen-bond acceptors (Lipinski definition) is 4. The van der Waals surface area contributed by atoms with E-state index in [-0.39, 0.29) is 23.9 Å². The van der Waals surface area contributed by atoms with Crippen LogP contribution in [0, 0.1) is 12.7 Å². The topological polar surface area (TPSA) is 47.6 Å². The Hall–Kier alpha value is -1.62. The van der Waals surface area contributed by atoms with E-state index in [1.807, 2.05) is 0 Å². The molecule has 1 aromatic rings. The second-order valence-corrected chi connectivity index (χ2v) is 4.37. The van der Waals surface area contributed by atoms with Gasteiger partial charge in [0.25, 0.3) is 0 Å². The van der Waals surface area contributed by atoms with Crippen molar-refractivity contribution >= 4 is 5.97 Å². The summed E-state index contributed by atoms with van der Waals surface area (Å²) in [5.41, 5.74) is 0.747. The smallest absolute Gasteiger partial charge is 0.323 e. The lowest BCUT2D eigenvalue weighted by atomic mass is 10.2. The van der Waals surface area contributed by atoms with Crippen LogP contribution < -0.4 is 10.1 Å². The van der Waals surface area contributed by atoms with E-state index in [0.29, 0.717) is 18.7 Å². The van der Waals surface area contributed by atoms with Crippen LogP contribution >= 0.6 is 0 Å². The molecule has 0 bridgehead atoms. The fourth-order valence-corrected chi connectivity index (χ4v) is 2.04. The van der Waals surface area contributed by atoms with Crippen molar-refractivity contribution in [2.75, 3.05) is 13.7 Å². The van der Waals surface area contributed by atoms with Crippen molar-refractivity contribution in [1.29, 1.82) is 0 Å². The van der Waals surface area contributed by atoms with E-state index in [1.54, 1.807) is 13.0 Å². The lowest BCUT2D eigenvalue weighted by Gasteiger charge is -2.14. The number of aryl methyl sites for hydroxylation is 1. The van der Waals surface area contributed by atoms with Gasteiger partial charge in [0, 0.05) is 13.0 Å². The molecule has 0 saturated carbocycles. The fourth-order valence-electron chi connectivity index (χ4n) is 2.04. The van der Waals surface area contributed by atoms with E-state index in [9.17, 15) is 9.18 Å². The van der Waals surface area contributed by atoms with Gasteiger partial charge in [0.1, 0.15) is 23.7 Å². The zero-order valence-corrected chi connectivity index (χ0v) is 10.4. The largest absolute Gasteiger partial charge is 0.489 e. The van der Waals surface area contributed by atoms with E-state index in [2.05, 4.69) is 10.1 Å². The number of benzene rings is 1. The average molecular weight is 253 g/mol. The molecule has 1 aromatic carbocycles. The summed E-state index contributed by atoms with van der Waals surface area (Å²) in [7, 11) is 1.36. The van der Waals surface area contributed by atoms with Crippen molar-refractivity contribution in [3.05, 3.63) is 29.6 Å². The minimum Gasteiger partial charge on any atom is -0.489 e. The van der Waals surface area contributed by atoms with Crippen molar-refractivity contribution in [3.8, 4) is 5.75 Å². The van der Waals surface area contributed by atoms with Gasteiger partial charge in [0.2, 0.25) is 0 Å². The third kappa shape index (κ3) is 2.79. The monoisotopic (exact) mass is 253 g/mol. The van der Waals surface area contributed by atoms with Crippen molar-refractivity contribution in [2.24, 2.45) is 0 Å². The summed E-state index contributed by atoms with van der Waals surface area (Å²) < 4.78 is 23.4. The molecule has 2 atom stereocenters. The highest BCUT2D eigenvalue weighted by Gasteiger charge is 2.31. The molecule has 1 aliphatic heterocycles. The Kier molecular flexibility index (Phi) is 3.81. The second-order valence-electron chi connectivity index (χ2n) is 4.37. The molecule has 0 aromatic heterocycles. The van der Waals surface area contributed by atoms with Gasteiger partial charge >= 0.3 is 5.97 Å². The molecule has 1 N–H and O–H groups in total. The molecule has 0 unspecified atom stereocenters. The third-order valence-corrected chi connectivity index (χ3v) is 3.01. The number of carbonyl (C=O) groups excluding carboxylic acids is 1. The van der Waals surface area contributed by atoms with Gasteiger partial charge in [-0.15, -0.1) is 0 Å². The highest BCUT2D eigenvalue weighted by atomic mass is 19.1. The minimum atomic E-state index is -0.319. The lowest BCUT2D eigenvalue weighted by molar-refractivity contribution is -0.142. The highest BCUT2D eigenvalue weighted by Crippen LogP contribution is 2.22. The van der Waals surface area contributed by atoms with Crippen LogP contribution in [-0.4, -0.2) is 31.8 Å². The minimum absolute atomic E-state index is 0.0988. The van der Waals surface area contributed by atoms with Gasteiger partial charge in [0.05, 0.1) is 7.11 Å². The number of halogens is 1. The Morgan fingerprint density at radius 3 is 2.94 bits per heavy atom. The van der Waals surface area contributed by atoms with Crippen molar-refractivity contribution < 1.29 is 18.7 Å². The molecular formula is C13H16FNO3. The van der Waals surface area contributed by atoms with Gasteiger partial charge in [-0.1, -0.05) is 0 Å². The first kappa shape index (κ1) is 12.8. The van der Waals surface area contributed by atoms with Crippen LogP contribution in [0.25, 0.3) is 0 Å². The molecule has 1 saturated heterocycles.